The van der Waals surface area contributed by atoms with Crippen molar-refractivity contribution >= 4 is 0 Å². The predicted octanol–water partition coefficient (Wildman–Crippen LogP) is 3.05. The molecule has 2 fully saturated rings. The van der Waals surface area contributed by atoms with E-state index in [9.17, 15) is 5.11 Å². The maximum atomic E-state index is 9.82. The summed E-state index contributed by atoms with van der Waals surface area (Å²) in [6.45, 7) is 4.12. The highest BCUT2D eigenvalue weighted by molar-refractivity contribution is 5.23. The Morgan fingerprint density at radius 3 is 2.53 bits per heavy atom. The van der Waals surface area contributed by atoms with Gasteiger partial charge in [-0.1, -0.05) is 13.0 Å². The molecule has 2 heteroatoms. The second-order valence-electron chi connectivity index (χ2n) is 6.40. The van der Waals surface area contributed by atoms with Gasteiger partial charge in [-0.05, 0) is 56.1 Å². The zero-order chi connectivity index (χ0) is 12.1. The van der Waals surface area contributed by atoms with Gasteiger partial charge in [0.1, 0.15) is 0 Å². The van der Waals surface area contributed by atoms with Gasteiger partial charge in [-0.25, -0.2) is 0 Å². The van der Waals surface area contributed by atoms with E-state index in [-0.39, 0.29) is 5.60 Å². The molecule has 1 aromatic heterocycles. The van der Waals surface area contributed by atoms with Gasteiger partial charge in [-0.3, -0.25) is 4.98 Å². The summed E-state index contributed by atoms with van der Waals surface area (Å²) in [5.41, 5.74) is 2.64. The van der Waals surface area contributed by atoms with Crippen molar-refractivity contribution in [3.8, 4) is 0 Å². The molecular formula is C15H21NO. The Labute approximate surface area is 103 Å². The van der Waals surface area contributed by atoms with Crippen LogP contribution in [0.15, 0.2) is 18.3 Å². The smallest absolute Gasteiger partial charge is 0.0630 e. The van der Waals surface area contributed by atoms with Crippen LogP contribution in [0.3, 0.4) is 0 Å². The minimum Gasteiger partial charge on any atom is -0.390 e. The van der Waals surface area contributed by atoms with Gasteiger partial charge in [0.25, 0.3) is 0 Å². The monoisotopic (exact) mass is 231 g/mol. The molecule has 0 aliphatic heterocycles. The van der Waals surface area contributed by atoms with Crippen LogP contribution in [0.5, 0.6) is 0 Å². The van der Waals surface area contributed by atoms with Crippen LogP contribution in [0.25, 0.3) is 0 Å². The van der Waals surface area contributed by atoms with Gasteiger partial charge in [0.05, 0.1) is 5.60 Å². The first-order valence-corrected chi connectivity index (χ1v) is 6.69. The summed E-state index contributed by atoms with van der Waals surface area (Å²) in [6.07, 6.45) is 7.50. The van der Waals surface area contributed by atoms with Crippen LogP contribution >= 0.6 is 0 Å². The van der Waals surface area contributed by atoms with Crippen molar-refractivity contribution in [2.24, 2.45) is 5.41 Å². The van der Waals surface area contributed by atoms with E-state index in [0.717, 1.165) is 19.3 Å². The number of nitrogens with zero attached hydrogens (tertiary/aromatic N) is 1. The summed E-state index contributed by atoms with van der Waals surface area (Å²) >= 11 is 0. The number of aromatic nitrogens is 1. The fraction of sp³-hybridized carbons (Fsp3) is 0.667. The lowest BCUT2D eigenvalue weighted by Gasteiger charge is -2.60. The van der Waals surface area contributed by atoms with Gasteiger partial charge in [0.15, 0.2) is 0 Å². The first-order valence-electron chi connectivity index (χ1n) is 6.69. The van der Waals surface area contributed by atoms with E-state index in [2.05, 4.69) is 24.0 Å². The molecule has 1 spiro atoms. The molecule has 0 aromatic carbocycles. The number of aliphatic hydroxyl groups is 1. The molecule has 3 rings (SSSR count). The molecule has 2 aliphatic carbocycles. The van der Waals surface area contributed by atoms with Crippen molar-refractivity contribution in [2.75, 3.05) is 0 Å². The fourth-order valence-corrected chi connectivity index (χ4v) is 3.93. The molecule has 0 amide bonds. The van der Waals surface area contributed by atoms with Crippen molar-refractivity contribution in [3.05, 3.63) is 29.6 Å². The molecule has 0 radical (unpaired) electrons. The van der Waals surface area contributed by atoms with E-state index in [1.165, 1.54) is 24.1 Å². The predicted molar refractivity (Wildman–Crippen MR) is 67.9 cm³/mol. The Kier molecular flexibility index (Phi) is 2.34. The molecule has 17 heavy (non-hydrogen) atoms. The second kappa shape index (κ2) is 3.55. The highest BCUT2D eigenvalue weighted by Crippen LogP contribution is 2.64. The molecule has 2 saturated carbocycles. The molecule has 92 valence electrons. The van der Waals surface area contributed by atoms with E-state index < -0.39 is 0 Å². The quantitative estimate of drug-likeness (QED) is 0.848. The summed E-state index contributed by atoms with van der Waals surface area (Å²) < 4.78 is 0. The van der Waals surface area contributed by atoms with Gasteiger partial charge in [-0.2, -0.15) is 0 Å². The van der Waals surface area contributed by atoms with Crippen LogP contribution in [-0.4, -0.2) is 15.7 Å². The molecule has 0 unspecified atom stereocenters. The normalized spacial score (nSPS) is 39.8. The lowest BCUT2D eigenvalue weighted by molar-refractivity contribution is -0.158. The van der Waals surface area contributed by atoms with Gasteiger partial charge in [-0.15, -0.1) is 0 Å². The zero-order valence-electron chi connectivity index (χ0n) is 10.7. The maximum Gasteiger partial charge on any atom is 0.0630 e. The van der Waals surface area contributed by atoms with Crippen LogP contribution < -0.4 is 0 Å². The third-order valence-corrected chi connectivity index (χ3v) is 4.54. The third kappa shape index (κ3) is 1.89. The summed E-state index contributed by atoms with van der Waals surface area (Å²) in [5.74, 6) is 0.636. The zero-order valence-corrected chi connectivity index (χ0v) is 10.7. The molecule has 0 atom stereocenters. The SMILES string of the molecule is CCc1ccc(C2CC3(C2)CC(C)(O)C3)nc1. The van der Waals surface area contributed by atoms with Crippen LogP contribution in [0.2, 0.25) is 0 Å². The molecule has 1 heterocycles. The van der Waals surface area contributed by atoms with Crippen LogP contribution in [-0.2, 0) is 6.42 Å². The molecule has 0 saturated heterocycles. The maximum absolute atomic E-state index is 9.82. The second-order valence-corrected chi connectivity index (χ2v) is 6.40. The molecule has 1 aromatic rings. The number of rotatable bonds is 2. The van der Waals surface area contributed by atoms with Crippen LogP contribution in [0, 0.1) is 5.41 Å². The van der Waals surface area contributed by atoms with Gasteiger partial charge in [0, 0.05) is 17.8 Å². The van der Waals surface area contributed by atoms with E-state index >= 15 is 0 Å². The average Bonchev–Trinajstić information content (AvgIpc) is 2.22. The first kappa shape index (κ1) is 11.2. The Morgan fingerprint density at radius 2 is 2.06 bits per heavy atom. The molecular weight excluding hydrogens is 210 g/mol. The largest absolute Gasteiger partial charge is 0.390 e. The van der Waals surface area contributed by atoms with Crippen LogP contribution in [0.4, 0.5) is 0 Å². The van der Waals surface area contributed by atoms with Crippen molar-refractivity contribution in [1.29, 1.82) is 0 Å². The molecule has 0 bridgehead atoms. The first-order chi connectivity index (χ1) is 8.02. The van der Waals surface area contributed by atoms with E-state index in [1.807, 2.05) is 13.1 Å². The lowest BCUT2D eigenvalue weighted by Crippen LogP contribution is -2.55. The Morgan fingerprint density at radius 1 is 1.35 bits per heavy atom. The van der Waals surface area contributed by atoms with E-state index in [0.29, 0.717) is 11.3 Å². The topological polar surface area (TPSA) is 33.1 Å². The third-order valence-electron chi connectivity index (χ3n) is 4.54. The summed E-state index contributed by atoms with van der Waals surface area (Å²) in [7, 11) is 0. The number of hydrogen-bond acceptors (Lipinski definition) is 2. The highest BCUT2D eigenvalue weighted by atomic mass is 16.3. The van der Waals surface area contributed by atoms with Crippen molar-refractivity contribution in [1.82, 2.24) is 4.98 Å². The fourth-order valence-electron chi connectivity index (χ4n) is 3.93. The standard InChI is InChI=1S/C15H21NO/c1-3-11-4-5-13(16-8-11)12-6-15(7-12)9-14(2,17)10-15/h4-5,8,12,17H,3,6-7,9-10H2,1-2H3. The van der Waals surface area contributed by atoms with Crippen LogP contribution in [0.1, 0.15) is 56.7 Å². The van der Waals surface area contributed by atoms with Gasteiger partial charge in [0.2, 0.25) is 0 Å². The average molecular weight is 231 g/mol. The Bertz CT molecular complexity index is 405. The Balaban J connectivity index is 1.62. The molecule has 2 nitrogen and oxygen atoms in total. The molecule has 1 N–H and O–H groups in total. The number of pyridine rings is 1. The van der Waals surface area contributed by atoms with Gasteiger partial charge < -0.3 is 5.11 Å². The summed E-state index contributed by atoms with van der Waals surface area (Å²) in [5, 5.41) is 9.82. The van der Waals surface area contributed by atoms with E-state index in [1.54, 1.807) is 0 Å². The summed E-state index contributed by atoms with van der Waals surface area (Å²) in [6, 6.07) is 4.39. The number of hydrogen-bond donors (Lipinski definition) is 1. The highest BCUT2D eigenvalue weighted by Gasteiger charge is 2.57. The van der Waals surface area contributed by atoms with Crippen molar-refractivity contribution in [3.63, 3.8) is 0 Å². The lowest BCUT2D eigenvalue weighted by atomic mass is 9.46. The van der Waals surface area contributed by atoms with Gasteiger partial charge >= 0.3 is 0 Å². The van der Waals surface area contributed by atoms with Crippen molar-refractivity contribution < 1.29 is 5.11 Å². The Hall–Kier alpha value is -0.890. The minimum absolute atomic E-state index is 0.384. The number of aryl methyl sites for hydroxylation is 1. The summed E-state index contributed by atoms with van der Waals surface area (Å²) in [4.78, 5) is 4.57. The van der Waals surface area contributed by atoms with Crippen molar-refractivity contribution in [2.45, 2.75) is 57.5 Å². The molecule has 2 aliphatic rings. The van der Waals surface area contributed by atoms with E-state index in [4.69, 9.17) is 0 Å². The minimum atomic E-state index is -0.384.